The Morgan fingerprint density at radius 2 is 1.73 bits per heavy atom. The molecule has 8 heteroatoms. The van der Waals surface area contributed by atoms with Crippen molar-refractivity contribution in [3.05, 3.63) is 83.9 Å². The van der Waals surface area contributed by atoms with Crippen LogP contribution in [-0.2, 0) is 21.2 Å². The quantitative estimate of drug-likeness (QED) is 0.532. The van der Waals surface area contributed by atoms with Gasteiger partial charge in [0.1, 0.15) is 4.90 Å². The first-order valence-electron chi connectivity index (χ1n) is 10.3. The molecule has 0 spiro atoms. The molecule has 0 unspecified atom stereocenters. The normalized spacial score (nSPS) is 13.1. The number of hydrogen-bond acceptors (Lipinski definition) is 5. The van der Waals surface area contributed by atoms with E-state index in [-0.39, 0.29) is 22.3 Å². The second kappa shape index (κ2) is 9.38. The fraction of sp³-hybridized carbons (Fsp3) is 0.160. The van der Waals surface area contributed by atoms with Gasteiger partial charge in [-0.2, -0.15) is 0 Å². The van der Waals surface area contributed by atoms with E-state index in [0.29, 0.717) is 29.9 Å². The van der Waals surface area contributed by atoms with E-state index in [1.54, 1.807) is 24.3 Å². The van der Waals surface area contributed by atoms with Crippen LogP contribution in [0, 0.1) is 0 Å². The summed E-state index contributed by atoms with van der Waals surface area (Å²) in [7, 11) is -1.10. The van der Waals surface area contributed by atoms with Gasteiger partial charge in [-0.15, -0.1) is 0 Å². The Labute approximate surface area is 193 Å². The smallest absolute Gasteiger partial charge is 0.268 e. The number of ether oxygens (including phenoxy) is 2. The van der Waals surface area contributed by atoms with Crippen LogP contribution >= 0.6 is 0 Å². The van der Waals surface area contributed by atoms with Crippen LogP contribution in [0.3, 0.4) is 0 Å². The molecule has 0 aliphatic carbocycles. The molecule has 0 fully saturated rings. The van der Waals surface area contributed by atoms with E-state index in [0.717, 1.165) is 5.56 Å². The fourth-order valence-electron chi connectivity index (χ4n) is 3.79. The zero-order valence-electron chi connectivity index (χ0n) is 18.3. The first-order valence-corrected chi connectivity index (χ1v) is 11.8. The van der Waals surface area contributed by atoms with Crippen LogP contribution in [-0.4, -0.2) is 35.1 Å². The number of nitrogens with zero attached hydrogens (tertiary/aromatic N) is 1. The van der Waals surface area contributed by atoms with Gasteiger partial charge in [0.15, 0.2) is 11.5 Å². The van der Waals surface area contributed by atoms with Gasteiger partial charge in [0.05, 0.1) is 19.9 Å². The second-order valence-electron chi connectivity index (χ2n) is 7.40. The van der Waals surface area contributed by atoms with Crippen LogP contribution < -0.4 is 19.1 Å². The predicted molar refractivity (Wildman–Crippen MR) is 128 cm³/mol. The van der Waals surface area contributed by atoms with Crippen molar-refractivity contribution in [1.29, 1.82) is 0 Å². The first-order chi connectivity index (χ1) is 15.9. The number of methoxy groups -OCH3 is 2. The fourth-order valence-corrected chi connectivity index (χ4v) is 5.50. The largest absolute Gasteiger partial charge is 0.493 e. The lowest BCUT2D eigenvalue weighted by atomic mass is 10.2. The summed E-state index contributed by atoms with van der Waals surface area (Å²) in [5.74, 6) is 0.0378. The highest BCUT2D eigenvalue weighted by atomic mass is 32.2. The molecule has 7 nitrogen and oxygen atoms in total. The minimum atomic E-state index is -3.94. The Balaban J connectivity index is 1.70. The van der Waals surface area contributed by atoms with Crippen LogP contribution in [0.15, 0.2) is 77.7 Å². The summed E-state index contributed by atoms with van der Waals surface area (Å²) in [6.45, 7) is 0.340. The highest BCUT2D eigenvalue weighted by Gasteiger charge is 2.34. The maximum Gasteiger partial charge on any atom is 0.268 e. The number of sulfonamides is 1. The first kappa shape index (κ1) is 22.4. The lowest BCUT2D eigenvalue weighted by molar-refractivity contribution is -0.111. The van der Waals surface area contributed by atoms with Crippen molar-refractivity contribution in [2.45, 2.75) is 11.3 Å². The van der Waals surface area contributed by atoms with Gasteiger partial charge >= 0.3 is 0 Å². The van der Waals surface area contributed by atoms with E-state index < -0.39 is 10.0 Å². The number of hydrogen-bond donors (Lipinski definition) is 1. The number of rotatable bonds is 7. The molecule has 0 atom stereocenters. The van der Waals surface area contributed by atoms with E-state index >= 15 is 0 Å². The maximum atomic E-state index is 13.7. The monoisotopic (exact) mass is 464 g/mol. The summed E-state index contributed by atoms with van der Waals surface area (Å²) in [5.41, 5.74) is 2.78. The second-order valence-corrected chi connectivity index (χ2v) is 9.23. The number of fused-ring (bicyclic) bond motifs is 1. The summed E-state index contributed by atoms with van der Waals surface area (Å²) in [6.07, 6.45) is 3.51. The standard InChI is InChI=1S/C25H24N2O5S/c1-31-22-16-18(12-13-24(28)26-20-9-4-3-5-10-20)17-23(25(22)32-2)33(29,30)27-15-14-19-8-6-7-11-21(19)27/h3-13,16-17H,14-15H2,1-2H3,(H,26,28). The number of anilines is 2. The third-order valence-corrected chi connectivity index (χ3v) is 7.17. The molecule has 1 aliphatic rings. The van der Waals surface area contributed by atoms with Crippen molar-refractivity contribution in [3.63, 3.8) is 0 Å². The van der Waals surface area contributed by atoms with Crippen molar-refractivity contribution >= 4 is 33.4 Å². The van der Waals surface area contributed by atoms with Gasteiger partial charge in [-0.3, -0.25) is 9.10 Å². The van der Waals surface area contributed by atoms with Gasteiger partial charge in [0, 0.05) is 18.3 Å². The molecular formula is C25H24N2O5S. The lowest BCUT2D eigenvalue weighted by Gasteiger charge is -2.22. The van der Waals surface area contributed by atoms with Gasteiger partial charge in [-0.25, -0.2) is 8.42 Å². The van der Waals surface area contributed by atoms with Crippen molar-refractivity contribution < 1.29 is 22.7 Å². The third kappa shape index (κ3) is 4.56. The van der Waals surface area contributed by atoms with Gasteiger partial charge in [-0.1, -0.05) is 36.4 Å². The lowest BCUT2D eigenvalue weighted by Crippen LogP contribution is -2.29. The highest BCUT2D eigenvalue weighted by Crippen LogP contribution is 2.40. The molecule has 0 aromatic heterocycles. The molecule has 0 saturated heterocycles. The molecule has 0 bridgehead atoms. The van der Waals surface area contributed by atoms with Crippen molar-refractivity contribution in [1.82, 2.24) is 0 Å². The van der Waals surface area contributed by atoms with E-state index in [4.69, 9.17) is 9.47 Å². The van der Waals surface area contributed by atoms with Crippen LogP contribution in [0.5, 0.6) is 11.5 Å². The maximum absolute atomic E-state index is 13.7. The minimum Gasteiger partial charge on any atom is -0.493 e. The summed E-state index contributed by atoms with van der Waals surface area (Å²) >= 11 is 0. The van der Waals surface area contributed by atoms with E-state index in [1.165, 1.54) is 36.7 Å². The molecule has 170 valence electrons. The molecule has 33 heavy (non-hydrogen) atoms. The SMILES string of the molecule is COc1cc(C=CC(=O)Nc2ccccc2)cc(S(=O)(=O)N2CCc3ccccc32)c1OC. The molecule has 1 N–H and O–H groups in total. The molecule has 0 radical (unpaired) electrons. The van der Waals surface area contributed by atoms with Crippen LogP contribution in [0.2, 0.25) is 0 Å². The van der Waals surface area contributed by atoms with Gasteiger partial charge in [-0.05, 0) is 54.0 Å². The van der Waals surface area contributed by atoms with Crippen LogP contribution in [0.4, 0.5) is 11.4 Å². The molecule has 3 aromatic rings. The average Bonchev–Trinajstić information content (AvgIpc) is 3.28. The molecule has 1 heterocycles. The number of para-hydroxylation sites is 2. The zero-order chi connectivity index (χ0) is 23.4. The number of nitrogens with one attached hydrogen (secondary N) is 1. The van der Waals surface area contributed by atoms with Crippen molar-refractivity contribution in [2.24, 2.45) is 0 Å². The van der Waals surface area contributed by atoms with Gasteiger partial charge in [0.2, 0.25) is 5.91 Å². The number of carbonyl (C=O) groups is 1. The Bertz CT molecular complexity index is 1300. The number of amides is 1. The number of benzene rings is 3. The topological polar surface area (TPSA) is 84.9 Å². The van der Waals surface area contributed by atoms with Gasteiger partial charge < -0.3 is 14.8 Å². The number of carbonyl (C=O) groups excluding carboxylic acids is 1. The summed E-state index contributed by atoms with van der Waals surface area (Å²) in [6, 6.07) is 19.6. The van der Waals surface area contributed by atoms with Crippen molar-refractivity contribution in [2.75, 3.05) is 30.4 Å². The predicted octanol–water partition coefficient (Wildman–Crippen LogP) is 4.11. The molecule has 4 rings (SSSR count). The summed E-state index contributed by atoms with van der Waals surface area (Å²) in [5, 5.41) is 2.76. The Kier molecular flexibility index (Phi) is 6.37. The van der Waals surface area contributed by atoms with Crippen molar-refractivity contribution in [3.8, 4) is 11.5 Å². The molecule has 0 saturated carbocycles. The Morgan fingerprint density at radius 1 is 1.00 bits per heavy atom. The van der Waals surface area contributed by atoms with E-state index in [9.17, 15) is 13.2 Å². The third-order valence-electron chi connectivity index (χ3n) is 5.35. The van der Waals surface area contributed by atoms with Crippen LogP contribution in [0.1, 0.15) is 11.1 Å². The van der Waals surface area contributed by atoms with Crippen LogP contribution in [0.25, 0.3) is 6.08 Å². The zero-order valence-corrected chi connectivity index (χ0v) is 19.1. The Morgan fingerprint density at radius 3 is 2.45 bits per heavy atom. The Hall–Kier alpha value is -3.78. The summed E-state index contributed by atoms with van der Waals surface area (Å²) in [4.78, 5) is 12.3. The van der Waals surface area contributed by atoms with Gasteiger partial charge in [0.25, 0.3) is 10.0 Å². The molecule has 1 aliphatic heterocycles. The molecular weight excluding hydrogens is 440 g/mol. The van der Waals surface area contributed by atoms with E-state index in [2.05, 4.69) is 5.32 Å². The highest BCUT2D eigenvalue weighted by molar-refractivity contribution is 7.93. The molecule has 1 amide bonds. The average molecular weight is 465 g/mol. The molecule has 3 aromatic carbocycles. The van der Waals surface area contributed by atoms with E-state index in [1.807, 2.05) is 36.4 Å². The minimum absolute atomic E-state index is 0.0239. The summed E-state index contributed by atoms with van der Waals surface area (Å²) < 4.78 is 39.5.